The third kappa shape index (κ3) is 6.78. The molecule has 0 bridgehead atoms. The lowest BCUT2D eigenvalue weighted by molar-refractivity contribution is -0.129. The number of amides is 4. The molecule has 240 valence electrons. The van der Waals surface area contributed by atoms with Crippen molar-refractivity contribution in [3.05, 3.63) is 66.7 Å². The highest BCUT2D eigenvalue weighted by Crippen LogP contribution is 2.38. The van der Waals surface area contributed by atoms with Crippen LogP contribution in [-0.2, 0) is 19.2 Å². The molecule has 3 aromatic rings. The van der Waals surface area contributed by atoms with Gasteiger partial charge >= 0.3 is 0 Å². The summed E-state index contributed by atoms with van der Waals surface area (Å²) in [5, 5.41) is 6.00. The van der Waals surface area contributed by atoms with Gasteiger partial charge in [-0.15, -0.1) is 23.2 Å². The number of para-hydroxylation sites is 2. The standard InChI is InChI=1S/C34H34Cl2N4O6/c35-17-31(41)39-19-29(45-27-12-5-4-11-25(27)39)34(44)38-24-10-6-7-21(15-24)22-13-14-26-28(16-22)46-30(20-40(26)32(42)18-36)33(43)37-23-8-2-1-3-9-23/h4-7,10-16,23,29-30H,1-3,8-9,17-20H2,(H,37,43)(H,38,44). The second kappa shape index (κ2) is 14.0. The van der Waals surface area contributed by atoms with Crippen molar-refractivity contribution in [2.24, 2.45) is 0 Å². The van der Waals surface area contributed by atoms with Crippen LogP contribution in [0.25, 0.3) is 11.1 Å². The number of benzene rings is 3. The molecule has 3 aromatic carbocycles. The first-order valence-corrected chi connectivity index (χ1v) is 16.4. The fourth-order valence-electron chi connectivity index (χ4n) is 6.13. The summed E-state index contributed by atoms with van der Waals surface area (Å²) in [6.07, 6.45) is 3.35. The molecule has 1 saturated carbocycles. The molecule has 4 amide bonds. The minimum atomic E-state index is -0.954. The van der Waals surface area contributed by atoms with Gasteiger partial charge in [-0.25, -0.2) is 0 Å². The van der Waals surface area contributed by atoms with Gasteiger partial charge < -0.3 is 29.9 Å². The van der Waals surface area contributed by atoms with E-state index in [1.807, 2.05) is 12.1 Å². The summed E-state index contributed by atoms with van der Waals surface area (Å²) in [6.45, 7) is 0.0862. The third-order valence-electron chi connectivity index (χ3n) is 8.47. The van der Waals surface area contributed by atoms with Crippen molar-refractivity contribution in [3.8, 4) is 22.6 Å². The molecular formula is C34H34Cl2N4O6. The van der Waals surface area contributed by atoms with Crippen LogP contribution < -0.4 is 29.9 Å². The van der Waals surface area contributed by atoms with Gasteiger partial charge in [0.15, 0.2) is 12.2 Å². The average molecular weight is 666 g/mol. The maximum Gasteiger partial charge on any atom is 0.267 e. The summed E-state index contributed by atoms with van der Waals surface area (Å²) in [7, 11) is 0. The zero-order valence-corrected chi connectivity index (χ0v) is 26.6. The second-order valence-corrected chi connectivity index (χ2v) is 12.1. The number of halogens is 2. The third-order valence-corrected chi connectivity index (χ3v) is 8.93. The SMILES string of the molecule is O=C(Nc1cccc(-c2ccc3c(c2)OC(C(=O)NC2CCCCC2)CN3C(=O)CCl)c1)C1CN(C(=O)CCl)c2ccccc2O1. The van der Waals surface area contributed by atoms with Crippen molar-refractivity contribution in [1.29, 1.82) is 0 Å². The number of nitrogens with one attached hydrogen (secondary N) is 2. The van der Waals surface area contributed by atoms with Crippen LogP contribution in [0.4, 0.5) is 17.1 Å². The molecule has 10 nitrogen and oxygen atoms in total. The Bertz CT molecular complexity index is 1650. The molecular weight excluding hydrogens is 631 g/mol. The molecule has 1 aliphatic carbocycles. The summed E-state index contributed by atoms with van der Waals surface area (Å²) in [5.41, 5.74) is 3.13. The first kappa shape index (κ1) is 31.7. The lowest BCUT2D eigenvalue weighted by atomic mass is 9.95. The number of ether oxygens (including phenoxy) is 2. The first-order valence-electron chi connectivity index (χ1n) is 15.4. The molecule has 0 saturated heterocycles. The topological polar surface area (TPSA) is 117 Å². The highest BCUT2D eigenvalue weighted by molar-refractivity contribution is 6.30. The molecule has 0 spiro atoms. The Morgan fingerprint density at radius 3 is 2.04 bits per heavy atom. The maximum absolute atomic E-state index is 13.3. The number of hydrogen-bond donors (Lipinski definition) is 2. The molecule has 3 aliphatic rings. The Morgan fingerprint density at radius 1 is 0.696 bits per heavy atom. The van der Waals surface area contributed by atoms with Crippen LogP contribution in [0.3, 0.4) is 0 Å². The molecule has 2 aliphatic heterocycles. The predicted octanol–water partition coefficient (Wildman–Crippen LogP) is 5.11. The average Bonchev–Trinajstić information content (AvgIpc) is 3.10. The van der Waals surface area contributed by atoms with E-state index < -0.39 is 18.1 Å². The van der Waals surface area contributed by atoms with Gasteiger partial charge in [-0.05, 0) is 60.4 Å². The van der Waals surface area contributed by atoms with Crippen LogP contribution in [0.5, 0.6) is 11.5 Å². The molecule has 2 N–H and O–H groups in total. The molecule has 1 fully saturated rings. The van der Waals surface area contributed by atoms with Crippen LogP contribution in [0.2, 0.25) is 0 Å². The number of rotatable bonds is 7. The summed E-state index contributed by atoms with van der Waals surface area (Å²) in [4.78, 5) is 54.8. The normalized spacial score (nSPS) is 19.2. The Kier molecular flexibility index (Phi) is 9.65. The monoisotopic (exact) mass is 664 g/mol. The van der Waals surface area contributed by atoms with Gasteiger partial charge in [-0.1, -0.05) is 49.6 Å². The molecule has 12 heteroatoms. The van der Waals surface area contributed by atoms with Gasteiger partial charge in [0.2, 0.25) is 11.8 Å². The number of carbonyl (C=O) groups is 4. The number of carbonyl (C=O) groups excluding carboxylic acids is 4. The van der Waals surface area contributed by atoms with Gasteiger partial charge in [0, 0.05) is 11.7 Å². The van der Waals surface area contributed by atoms with E-state index in [2.05, 4.69) is 10.6 Å². The summed E-state index contributed by atoms with van der Waals surface area (Å²) >= 11 is 11.8. The zero-order chi connectivity index (χ0) is 32.2. The van der Waals surface area contributed by atoms with Crippen LogP contribution in [0.15, 0.2) is 66.7 Å². The zero-order valence-electron chi connectivity index (χ0n) is 25.0. The fraction of sp³-hybridized carbons (Fsp3) is 0.353. The second-order valence-electron chi connectivity index (χ2n) is 11.6. The number of anilines is 3. The maximum atomic E-state index is 13.3. The lowest BCUT2D eigenvalue weighted by Crippen LogP contribution is -2.53. The van der Waals surface area contributed by atoms with E-state index in [1.54, 1.807) is 54.6 Å². The van der Waals surface area contributed by atoms with Crippen LogP contribution in [0.1, 0.15) is 32.1 Å². The molecule has 0 radical (unpaired) electrons. The van der Waals surface area contributed by atoms with Crippen molar-refractivity contribution < 1.29 is 28.7 Å². The van der Waals surface area contributed by atoms with Gasteiger partial charge in [-0.3, -0.25) is 19.2 Å². The van der Waals surface area contributed by atoms with Crippen molar-refractivity contribution in [2.75, 3.05) is 40.0 Å². The van der Waals surface area contributed by atoms with Crippen LogP contribution in [-0.4, -0.2) is 66.7 Å². The Morgan fingerprint density at radius 2 is 1.33 bits per heavy atom. The van der Waals surface area contributed by atoms with Crippen LogP contribution >= 0.6 is 23.2 Å². The molecule has 2 heterocycles. The van der Waals surface area contributed by atoms with Gasteiger partial charge in [0.05, 0.1) is 24.5 Å². The highest BCUT2D eigenvalue weighted by atomic mass is 35.5. The molecule has 2 atom stereocenters. The van der Waals surface area contributed by atoms with E-state index in [4.69, 9.17) is 32.7 Å². The van der Waals surface area contributed by atoms with Gasteiger partial charge in [-0.2, -0.15) is 0 Å². The number of fused-ring (bicyclic) bond motifs is 2. The molecule has 6 rings (SSSR count). The predicted molar refractivity (Wildman–Crippen MR) is 177 cm³/mol. The lowest BCUT2D eigenvalue weighted by Gasteiger charge is -2.35. The number of hydrogen-bond acceptors (Lipinski definition) is 6. The minimum Gasteiger partial charge on any atom is -0.476 e. The highest BCUT2D eigenvalue weighted by Gasteiger charge is 2.36. The Balaban J connectivity index is 1.20. The number of alkyl halides is 2. The summed E-state index contributed by atoms with van der Waals surface area (Å²) < 4.78 is 12.1. The van der Waals surface area contributed by atoms with Crippen molar-refractivity contribution in [1.82, 2.24) is 5.32 Å². The smallest absolute Gasteiger partial charge is 0.267 e. The van der Waals surface area contributed by atoms with E-state index >= 15 is 0 Å². The van der Waals surface area contributed by atoms with Crippen molar-refractivity contribution in [2.45, 2.75) is 50.4 Å². The molecule has 2 unspecified atom stereocenters. The van der Waals surface area contributed by atoms with Crippen molar-refractivity contribution >= 4 is 63.9 Å². The van der Waals surface area contributed by atoms with E-state index in [9.17, 15) is 19.2 Å². The van der Waals surface area contributed by atoms with Gasteiger partial charge in [0.1, 0.15) is 23.3 Å². The minimum absolute atomic E-state index is 0.0171. The van der Waals surface area contributed by atoms with Crippen LogP contribution in [0, 0.1) is 0 Å². The Hall–Kier alpha value is -4.28. The fourth-order valence-corrected chi connectivity index (χ4v) is 6.42. The quantitative estimate of drug-likeness (QED) is 0.339. The van der Waals surface area contributed by atoms with E-state index in [0.717, 1.165) is 36.8 Å². The van der Waals surface area contributed by atoms with E-state index in [0.29, 0.717) is 28.6 Å². The largest absolute Gasteiger partial charge is 0.476 e. The van der Waals surface area contributed by atoms with E-state index in [-0.39, 0.29) is 48.6 Å². The number of nitrogens with zero attached hydrogens (tertiary/aromatic N) is 2. The summed E-state index contributed by atoms with van der Waals surface area (Å²) in [6, 6.07) is 19.7. The van der Waals surface area contributed by atoms with Crippen molar-refractivity contribution in [3.63, 3.8) is 0 Å². The first-order chi connectivity index (χ1) is 22.3. The van der Waals surface area contributed by atoms with Gasteiger partial charge in [0.25, 0.3) is 11.8 Å². The summed E-state index contributed by atoms with van der Waals surface area (Å²) in [5.74, 6) is -0.965. The molecule has 46 heavy (non-hydrogen) atoms. The van der Waals surface area contributed by atoms with E-state index in [1.165, 1.54) is 16.2 Å². The molecule has 0 aromatic heterocycles. The Labute approximate surface area is 276 Å².